The van der Waals surface area contributed by atoms with Crippen molar-refractivity contribution in [3.63, 3.8) is 0 Å². The number of hydrogen-bond donors (Lipinski definition) is 0. The minimum absolute atomic E-state index is 0.115. The molecule has 5 rings (SSSR count). The molecule has 1 heteroatoms. The van der Waals surface area contributed by atoms with Crippen molar-refractivity contribution >= 4 is 5.78 Å². The number of fused-ring (bicyclic) bond motifs is 7. The van der Waals surface area contributed by atoms with Gasteiger partial charge in [0.15, 0.2) is 0 Å². The Kier molecular flexibility index (Phi) is 4.57. The lowest BCUT2D eigenvalue weighted by molar-refractivity contribution is -0.238. The molecule has 3 unspecified atom stereocenters. The Bertz CT molecular complexity index is 737. The normalized spacial score (nSPS) is 57.6. The average Bonchev–Trinajstić information content (AvgIpc) is 2.67. The third-order valence-corrected chi connectivity index (χ3v) is 13.1. The lowest BCUT2D eigenvalue weighted by atomic mass is 9.32. The third-order valence-electron chi connectivity index (χ3n) is 13.1. The molecule has 170 valence electrons. The molecule has 0 N–H and O–H groups in total. The van der Waals surface area contributed by atoms with Gasteiger partial charge in [-0.1, -0.05) is 54.9 Å². The van der Waals surface area contributed by atoms with Crippen LogP contribution in [0.15, 0.2) is 0 Å². The molecule has 30 heavy (non-hydrogen) atoms. The molecule has 0 aromatic carbocycles. The van der Waals surface area contributed by atoms with Gasteiger partial charge in [-0.25, -0.2) is 0 Å². The number of carbonyl (C=O) groups is 1. The van der Waals surface area contributed by atoms with E-state index >= 15 is 0 Å². The van der Waals surface area contributed by atoms with Crippen LogP contribution in [0.5, 0.6) is 0 Å². The first-order chi connectivity index (χ1) is 13.9. The summed E-state index contributed by atoms with van der Waals surface area (Å²) in [6, 6.07) is 0. The van der Waals surface area contributed by atoms with E-state index < -0.39 is 0 Å². The zero-order valence-corrected chi connectivity index (χ0v) is 21.1. The van der Waals surface area contributed by atoms with Gasteiger partial charge < -0.3 is 0 Å². The average molecular weight is 413 g/mol. The van der Waals surface area contributed by atoms with E-state index in [-0.39, 0.29) is 5.41 Å². The van der Waals surface area contributed by atoms with Crippen LogP contribution in [-0.2, 0) is 4.79 Å². The standard InChI is InChI=1S/C29H48O/c1-19-10-13-26(4)16-17-28(6)20(21(26)18-19)8-9-23-27(5)14-12-24(30)25(2,3)22(27)11-15-29(23,28)7/h19-23H,8-18H2,1-7H3/t19-,20?,21-,22?,23?,26+,27-,28-,29+/m0/s1. The molecule has 5 fully saturated rings. The highest BCUT2D eigenvalue weighted by Crippen LogP contribution is 2.76. The second-order valence-corrected chi connectivity index (χ2v) is 14.5. The first-order valence-electron chi connectivity index (χ1n) is 13.4. The fourth-order valence-corrected chi connectivity index (χ4v) is 11.0. The van der Waals surface area contributed by atoms with Crippen LogP contribution < -0.4 is 0 Å². The summed E-state index contributed by atoms with van der Waals surface area (Å²) in [4.78, 5) is 12.9. The quantitative estimate of drug-likeness (QED) is 0.393. The molecule has 0 aromatic heterocycles. The monoisotopic (exact) mass is 412 g/mol. The first-order valence-corrected chi connectivity index (χ1v) is 13.4. The second kappa shape index (κ2) is 6.38. The maximum atomic E-state index is 12.9. The van der Waals surface area contributed by atoms with Gasteiger partial charge in [0.1, 0.15) is 5.78 Å². The van der Waals surface area contributed by atoms with E-state index in [0.717, 1.165) is 36.5 Å². The fraction of sp³-hybridized carbons (Fsp3) is 0.966. The second-order valence-electron chi connectivity index (χ2n) is 14.5. The molecule has 5 aliphatic carbocycles. The van der Waals surface area contributed by atoms with Crippen molar-refractivity contribution in [1.82, 2.24) is 0 Å². The Morgan fingerprint density at radius 2 is 1.43 bits per heavy atom. The van der Waals surface area contributed by atoms with Crippen LogP contribution in [0.4, 0.5) is 0 Å². The molecule has 1 nitrogen and oxygen atoms in total. The van der Waals surface area contributed by atoms with Crippen molar-refractivity contribution in [3.05, 3.63) is 0 Å². The topological polar surface area (TPSA) is 17.1 Å². The predicted octanol–water partition coefficient (Wildman–Crippen LogP) is 8.07. The number of Topliss-reactive ketones (excluding diaryl/α,β-unsaturated/α-hetero) is 1. The van der Waals surface area contributed by atoms with E-state index in [1.807, 2.05) is 0 Å². The lowest BCUT2D eigenvalue weighted by Gasteiger charge is -2.73. The molecule has 0 aliphatic heterocycles. The highest BCUT2D eigenvalue weighted by atomic mass is 16.1. The molecule has 9 atom stereocenters. The zero-order valence-electron chi connectivity index (χ0n) is 21.1. The van der Waals surface area contributed by atoms with Gasteiger partial charge in [0.2, 0.25) is 0 Å². The molecule has 0 saturated heterocycles. The van der Waals surface area contributed by atoms with Gasteiger partial charge in [0.25, 0.3) is 0 Å². The SMILES string of the molecule is C[C@H]1CC[C@]2(C)CC[C@@]3(C)C(CCC4[C@@]5(C)CCC(=O)C(C)(C)C5CC[C@]43C)[C@@H]2C1. The Morgan fingerprint density at radius 3 is 2.17 bits per heavy atom. The third kappa shape index (κ3) is 2.50. The van der Waals surface area contributed by atoms with Crippen molar-refractivity contribution in [1.29, 1.82) is 0 Å². The van der Waals surface area contributed by atoms with E-state index in [1.54, 1.807) is 0 Å². The Hall–Kier alpha value is -0.330. The van der Waals surface area contributed by atoms with Crippen LogP contribution in [0.3, 0.4) is 0 Å². The van der Waals surface area contributed by atoms with Gasteiger partial charge in [-0.3, -0.25) is 4.79 Å². The predicted molar refractivity (Wildman–Crippen MR) is 125 cm³/mol. The summed E-state index contributed by atoms with van der Waals surface area (Å²) in [5.74, 6) is 4.74. The van der Waals surface area contributed by atoms with Crippen molar-refractivity contribution in [2.45, 2.75) is 119 Å². The van der Waals surface area contributed by atoms with Crippen LogP contribution >= 0.6 is 0 Å². The number of carbonyl (C=O) groups excluding carboxylic acids is 1. The van der Waals surface area contributed by atoms with Gasteiger partial charge >= 0.3 is 0 Å². The van der Waals surface area contributed by atoms with Crippen LogP contribution in [0.25, 0.3) is 0 Å². The van der Waals surface area contributed by atoms with Gasteiger partial charge in [0, 0.05) is 11.8 Å². The molecule has 0 bridgehead atoms. The van der Waals surface area contributed by atoms with Gasteiger partial charge in [0.05, 0.1) is 0 Å². The highest BCUT2D eigenvalue weighted by Gasteiger charge is 2.69. The molecule has 0 heterocycles. The fourth-order valence-electron chi connectivity index (χ4n) is 11.0. The maximum Gasteiger partial charge on any atom is 0.138 e. The van der Waals surface area contributed by atoms with Crippen LogP contribution in [0.2, 0.25) is 0 Å². The Labute approximate surface area is 186 Å². The van der Waals surface area contributed by atoms with Gasteiger partial charge in [-0.15, -0.1) is 0 Å². The van der Waals surface area contributed by atoms with Gasteiger partial charge in [-0.05, 0) is 109 Å². The van der Waals surface area contributed by atoms with Crippen LogP contribution in [0.1, 0.15) is 119 Å². The maximum absolute atomic E-state index is 12.9. The number of hydrogen-bond acceptors (Lipinski definition) is 1. The minimum Gasteiger partial charge on any atom is -0.299 e. The minimum atomic E-state index is -0.115. The smallest absolute Gasteiger partial charge is 0.138 e. The molecule has 5 aliphatic rings. The summed E-state index contributed by atoms with van der Waals surface area (Å²) in [6.45, 7) is 17.8. The summed E-state index contributed by atoms with van der Waals surface area (Å²) in [6.07, 6.45) is 14.8. The lowest BCUT2D eigenvalue weighted by Crippen LogP contribution is -2.66. The molecule has 0 amide bonds. The van der Waals surface area contributed by atoms with E-state index in [4.69, 9.17) is 0 Å². The molecule has 0 radical (unpaired) electrons. The summed E-state index contributed by atoms with van der Waals surface area (Å²) in [5, 5.41) is 0. The van der Waals surface area contributed by atoms with Crippen molar-refractivity contribution in [2.24, 2.45) is 56.7 Å². The summed E-state index contributed by atoms with van der Waals surface area (Å²) < 4.78 is 0. The molecule has 5 saturated carbocycles. The first kappa shape index (κ1) is 21.5. The largest absolute Gasteiger partial charge is 0.299 e. The van der Waals surface area contributed by atoms with Crippen molar-refractivity contribution in [2.75, 3.05) is 0 Å². The van der Waals surface area contributed by atoms with Crippen LogP contribution in [0, 0.1) is 56.7 Å². The zero-order chi connectivity index (χ0) is 21.7. The van der Waals surface area contributed by atoms with E-state index in [0.29, 0.717) is 33.4 Å². The number of ketones is 1. The summed E-state index contributed by atoms with van der Waals surface area (Å²) in [7, 11) is 0. The van der Waals surface area contributed by atoms with Crippen LogP contribution in [-0.4, -0.2) is 5.78 Å². The van der Waals surface area contributed by atoms with E-state index in [1.165, 1.54) is 57.8 Å². The Morgan fingerprint density at radius 1 is 0.700 bits per heavy atom. The number of rotatable bonds is 0. The Balaban J connectivity index is 1.53. The van der Waals surface area contributed by atoms with Crippen molar-refractivity contribution in [3.8, 4) is 0 Å². The molecular weight excluding hydrogens is 364 g/mol. The molecule has 0 spiro atoms. The van der Waals surface area contributed by atoms with Gasteiger partial charge in [-0.2, -0.15) is 0 Å². The van der Waals surface area contributed by atoms with Crippen molar-refractivity contribution < 1.29 is 4.79 Å². The van der Waals surface area contributed by atoms with E-state index in [2.05, 4.69) is 48.5 Å². The summed E-state index contributed by atoms with van der Waals surface area (Å²) >= 11 is 0. The highest BCUT2D eigenvalue weighted by molar-refractivity contribution is 5.85. The molecule has 0 aromatic rings. The summed E-state index contributed by atoms with van der Waals surface area (Å²) in [5.41, 5.74) is 1.81. The van der Waals surface area contributed by atoms with E-state index in [9.17, 15) is 4.79 Å². The molecular formula is C29H48O.